The van der Waals surface area contributed by atoms with Crippen LogP contribution in [0.25, 0.3) is 0 Å². The summed E-state index contributed by atoms with van der Waals surface area (Å²) in [6, 6.07) is 8.77. The summed E-state index contributed by atoms with van der Waals surface area (Å²) in [7, 11) is 0. The largest absolute Gasteiger partial charge is 0.462 e. The molecular formula is C17H19N3O3. The van der Waals surface area contributed by atoms with Gasteiger partial charge in [0, 0.05) is 30.5 Å². The third-order valence-electron chi connectivity index (χ3n) is 3.50. The van der Waals surface area contributed by atoms with Gasteiger partial charge >= 0.3 is 5.97 Å². The van der Waals surface area contributed by atoms with Crippen LogP contribution in [0.15, 0.2) is 36.0 Å². The molecule has 2 rings (SSSR count). The molecule has 23 heavy (non-hydrogen) atoms. The zero-order valence-electron chi connectivity index (χ0n) is 13.0. The third-order valence-corrected chi connectivity index (χ3v) is 3.50. The van der Waals surface area contributed by atoms with E-state index in [9.17, 15) is 9.59 Å². The molecule has 0 bridgehead atoms. The maximum absolute atomic E-state index is 12.3. The summed E-state index contributed by atoms with van der Waals surface area (Å²) in [6.45, 7) is 3.46. The fourth-order valence-corrected chi connectivity index (χ4v) is 2.35. The molecule has 1 N–H and O–H groups in total. The normalized spacial score (nSPS) is 14.3. The van der Waals surface area contributed by atoms with Crippen LogP contribution in [0.1, 0.15) is 30.1 Å². The van der Waals surface area contributed by atoms with Crippen LogP contribution in [-0.4, -0.2) is 36.5 Å². The molecule has 120 valence electrons. The first kappa shape index (κ1) is 16.6. The Labute approximate surface area is 135 Å². The van der Waals surface area contributed by atoms with E-state index >= 15 is 0 Å². The lowest BCUT2D eigenvalue weighted by Gasteiger charge is -2.15. The molecule has 0 aromatic heterocycles. The van der Waals surface area contributed by atoms with Crippen molar-refractivity contribution in [1.82, 2.24) is 4.90 Å². The number of carbonyl (C=O) groups is 2. The van der Waals surface area contributed by atoms with Crippen LogP contribution in [0.5, 0.6) is 0 Å². The number of nitrogens with one attached hydrogen (secondary N) is 1. The maximum Gasteiger partial charge on any atom is 0.350 e. The van der Waals surface area contributed by atoms with E-state index in [2.05, 4.69) is 5.32 Å². The van der Waals surface area contributed by atoms with Gasteiger partial charge in [0.1, 0.15) is 6.07 Å². The number of ether oxygens (including phenoxy) is 1. The lowest BCUT2D eigenvalue weighted by atomic mass is 10.1. The summed E-state index contributed by atoms with van der Waals surface area (Å²) in [5.41, 5.74) is 1.09. The summed E-state index contributed by atoms with van der Waals surface area (Å²) in [6.07, 6.45) is 3.37. The minimum absolute atomic E-state index is 0.000953. The van der Waals surface area contributed by atoms with Crippen molar-refractivity contribution < 1.29 is 14.3 Å². The Morgan fingerprint density at radius 2 is 2.13 bits per heavy atom. The second kappa shape index (κ2) is 7.99. The van der Waals surface area contributed by atoms with E-state index in [1.807, 2.05) is 4.90 Å². The smallest absolute Gasteiger partial charge is 0.350 e. The number of esters is 1. The molecule has 6 nitrogen and oxygen atoms in total. The summed E-state index contributed by atoms with van der Waals surface area (Å²) >= 11 is 0. The van der Waals surface area contributed by atoms with Crippen LogP contribution in [0.3, 0.4) is 0 Å². The zero-order valence-corrected chi connectivity index (χ0v) is 13.0. The molecule has 0 unspecified atom stereocenters. The standard InChI is InChI=1S/C17H19N3O3/c1-2-23-17(22)14(11-18)12-19-15-7-5-6-13(10-15)16(21)20-8-3-4-9-20/h5-7,10,12,19H,2-4,8-9H2,1H3/b14-12-. The van der Waals surface area contributed by atoms with Crippen molar-refractivity contribution in [1.29, 1.82) is 5.26 Å². The number of hydrogen-bond acceptors (Lipinski definition) is 5. The molecule has 1 aromatic rings. The van der Waals surface area contributed by atoms with Gasteiger partial charge in [-0.2, -0.15) is 5.26 Å². The van der Waals surface area contributed by atoms with Gasteiger partial charge in [-0.25, -0.2) is 4.79 Å². The minimum Gasteiger partial charge on any atom is -0.462 e. The number of amides is 1. The second-order valence-corrected chi connectivity index (χ2v) is 5.11. The molecule has 0 spiro atoms. The van der Waals surface area contributed by atoms with Crippen molar-refractivity contribution in [3.05, 3.63) is 41.6 Å². The van der Waals surface area contributed by atoms with Gasteiger partial charge in [-0.1, -0.05) is 6.07 Å². The Hall–Kier alpha value is -2.81. The molecular weight excluding hydrogens is 294 g/mol. The molecule has 1 heterocycles. The van der Waals surface area contributed by atoms with Gasteiger partial charge in [0.05, 0.1) is 6.61 Å². The highest BCUT2D eigenvalue weighted by molar-refractivity contribution is 5.95. The van der Waals surface area contributed by atoms with Crippen molar-refractivity contribution in [2.75, 3.05) is 25.0 Å². The fraction of sp³-hybridized carbons (Fsp3) is 0.353. The summed E-state index contributed by atoms with van der Waals surface area (Å²) in [5.74, 6) is -0.673. The van der Waals surface area contributed by atoms with Gasteiger partial charge in [0.25, 0.3) is 5.91 Å². The first-order valence-electron chi connectivity index (χ1n) is 7.59. The van der Waals surface area contributed by atoms with Crippen LogP contribution < -0.4 is 5.32 Å². The Kier molecular flexibility index (Phi) is 5.75. The Morgan fingerprint density at radius 1 is 1.39 bits per heavy atom. The van der Waals surface area contributed by atoms with E-state index in [1.165, 1.54) is 6.20 Å². The number of nitriles is 1. The van der Waals surface area contributed by atoms with E-state index in [0.717, 1.165) is 25.9 Å². The predicted octanol–water partition coefficient (Wildman–Crippen LogP) is 2.31. The number of rotatable bonds is 5. The summed E-state index contributed by atoms with van der Waals surface area (Å²) in [5, 5.41) is 11.8. The van der Waals surface area contributed by atoms with E-state index in [0.29, 0.717) is 11.3 Å². The number of carbonyl (C=O) groups excluding carboxylic acids is 2. The number of hydrogen-bond donors (Lipinski definition) is 1. The maximum atomic E-state index is 12.3. The Balaban J connectivity index is 2.09. The molecule has 1 fully saturated rings. The number of likely N-dealkylation sites (tertiary alicyclic amines) is 1. The van der Waals surface area contributed by atoms with Crippen molar-refractivity contribution in [2.24, 2.45) is 0 Å². The van der Waals surface area contributed by atoms with Gasteiger partial charge in [-0.3, -0.25) is 4.79 Å². The van der Waals surface area contributed by atoms with E-state index < -0.39 is 5.97 Å². The second-order valence-electron chi connectivity index (χ2n) is 5.11. The first-order valence-corrected chi connectivity index (χ1v) is 7.59. The topological polar surface area (TPSA) is 82.4 Å². The Morgan fingerprint density at radius 3 is 2.78 bits per heavy atom. The van der Waals surface area contributed by atoms with E-state index in [4.69, 9.17) is 10.00 Å². The lowest BCUT2D eigenvalue weighted by Crippen LogP contribution is -2.27. The molecule has 6 heteroatoms. The third kappa shape index (κ3) is 4.33. The van der Waals surface area contributed by atoms with Crippen molar-refractivity contribution in [2.45, 2.75) is 19.8 Å². The van der Waals surface area contributed by atoms with Crippen molar-refractivity contribution in [3.8, 4) is 6.07 Å². The van der Waals surface area contributed by atoms with Gasteiger partial charge in [-0.05, 0) is 38.0 Å². The lowest BCUT2D eigenvalue weighted by molar-refractivity contribution is -0.138. The van der Waals surface area contributed by atoms with Gasteiger partial charge in [0.15, 0.2) is 5.57 Å². The fourth-order valence-electron chi connectivity index (χ4n) is 2.35. The van der Waals surface area contributed by atoms with Crippen molar-refractivity contribution >= 4 is 17.6 Å². The van der Waals surface area contributed by atoms with Crippen LogP contribution in [0, 0.1) is 11.3 Å². The average molecular weight is 313 g/mol. The molecule has 1 aliphatic rings. The molecule has 0 atom stereocenters. The van der Waals surface area contributed by atoms with Crippen molar-refractivity contribution in [3.63, 3.8) is 0 Å². The monoisotopic (exact) mass is 313 g/mol. The first-order chi connectivity index (χ1) is 11.2. The van der Waals surface area contributed by atoms with Crippen LogP contribution in [-0.2, 0) is 9.53 Å². The molecule has 1 aliphatic heterocycles. The van der Waals surface area contributed by atoms with Crippen LogP contribution >= 0.6 is 0 Å². The van der Waals surface area contributed by atoms with E-state index in [-0.39, 0.29) is 18.1 Å². The van der Waals surface area contributed by atoms with Crippen LogP contribution in [0.2, 0.25) is 0 Å². The number of nitrogens with zero attached hydrogens (tertiary/aromatic N) is 2. The highest BCUT2D eigenvalue weighted by atomic mass is 16.5. The minimum atomic E-state index is -0.674. The van der Waals surface area contributed by atoms with Gasteiger partial charge in [-0.15, -0.1) is 0 Å². The van der Waals surface area contributed by atoms with Gasteiger partial charge in [0.2, 0.25) is 0 Å². The number of anilines is 1. The molecule has 1 aromatic carbocycles. The molecule has 1 saturated heterocycles. The Bertz CT molecular complexity index is 655. The summed E-state index contributed by atoms with van der Waals surface area (Å²) < 4.78 is 4.78. The highest BCUT2D eigenvalue weighted by Gasteiger charge is 2.19. The predicted molar refractivity (Wildman–Crippen MR) is 85.5 cm³/mol. The number of benzene rings is 1. The average Bonchev–Trinajstić information content (AvgIpc) is 3.10. The van der Waals surface area contributed by atoms with E-state index in [1.54, 1.807) is 37.3 Å². The zero-order chi connectivity index (χ0) is 16.7. The quantitative estimate of drug-likeness (QED) is 0.512. The molecule has 1 amide bonds. The molecule has 0 saturated carbocycles. The SMILES string of the molecule is CCOC(=O)/C(C#N)=C\Nc1cccc(C(=O)N2CCCC2)c1. The summed E-state index contributed by atoms with van der Waals surface area (Å²) in [4.78, 5) is 25.7. The molecule has 0 radical (unpaired) electrons. The highest BCUT2D eigenvalue weighted by Crippen LogP contribution is 2.16. The van der Waals surface area contributed by atoms with Crippen LogP contribution in [0.4, 0.5) is 5.69 Å². The van der Waals surface area contributed by atoms with Gasteiger partial charge < -0.3 is 15.0 Å². The molecule has 0 aliphatic carbocycles.